The number of amides is 2. The number of rotatable bonds is 6. The second-order valence-electron chi connectivity index (χ2n) is 5.24. The molecule has 1 aliphatic rings. The zero-order chi connectivity index (χ0) is 15.3. The fourth-order valence-electron chi connectivity index (χ4n) is 2.20. The van der Waals surface area contributed by atoms with E-state index < -0.39 is 12.0 Å². The van der Waals surface area contributed by atoms with E-state index in [0.717, 1.165) is 12.2 Å². The van der Waals surface area contributed by atoms with E-state index in [1.165, 1.54) is 4.90 Å². The fourth-order valence-corrected chi connectivity index (χ4v) is 4.39. The largest absolute Gasteiger partial charge is 0.480 e. The molecule has 0 bridgehead atoms. The number of nitrogens with one attached hydrogen (secondary N) is 1. The molecule has 2 amide bonds. The van der Waals surface area contributed by atoms with Crippen molar-refractivity contribution in [3.8, 4) is 0 Å². The van der Waals surface area contributed by atoms with Gasteiger partial charge in [0.15, 0.2) is 0 Å². The van der Waals surface area contributed by atoms with Gasteiger partial charge in [0.25, 0.3) is 0 Å². The number of urea groups is 1. The van der Waals surface area contributed by atoms with Gasteiger partial charge in [-0.15, -0.1) is 11.8 Å². The van der Waals surface area contributed by atoms with Crippen LogP contribution >= 0.6 is 23.5 Å². The molecule has 1 rings (SSSR count). The molecule has 0 aliphatic carbocycles. The molecule has 3 unspecified atom stereocenters. The minimum atomic E-state index is -0.922. The smallest absolute Gasteiger partial charge is 0.327 e. The monoisotopic (exact) mass is 320 g/mol. The van der Waals surface area contributed by atoms with Gasteiger partial charge in [0.05, 0.1) is 5.37 Å². The summed E-state index contributed by atoms with van der Waals surface area (Å²) in [5.41, 5.74) is 0. The quantitative estimate of drug-likeness (QED) is 0.786. The van der Waals surface area contributed by atoms with Crippen molar-refractivity contribution < 1.29 is 14.7 Å². The van der Waals surface area contributed by atoms with E-state index in [1.807, 2.05) is 27.0 Å². The normalized spacial score (nSPS) is 23.9. The maximum atomic E-state index is 12.4. The van der Waals surface area contributed by atoms with Crippen molar-refractivity contribution >= 4 is 35.5 Å². The Morgan fingerprint density at radius 3 is 2.60 bits per heavy atom. The highest BCUT2D eigenvalue weighted by atomic mass is 32.2. The Labute approximate surface area is 129 Å². The number of aliphatic carboxylic acids is 1. The standard InChI is InChI=1S/C13H24N2O3S2/c1-5-9(6-19-4)14-13(18)15-10(12(16)17)7-20-11(15)8(2)3/h8-11H,5-7H2,1-4H3,(H,14,18)(H,16,17). The van der Waals surface area contributed by atoms with Crippen LogP contribution in [0, 0.1) is 5.92 Å². The van der Waals surface area contributed by atoms with Crippen LogP contribution in [0.5, 0.6) is 0 Å². The molecule has 2 N–H and O–H groups in total. The first kappa shape index (κ1) is 17.5. The molecule has 0 aromatic carbocycles. The molecular weight excluding hydrogens is 296 g/mol. The number of thioether (sulfide) groups is 2. The average Bonchev–Trinajstić information content (AvgIpc) is 2.83. The molecule has 7 heteroatoms. The van der Waals surface area contributed by atoms with Crippen molar-refractivity contribution in [2.75, 3.05) is 17.8 Å². The molecule has 0 radical (unpaired) electrons. The van der Waals surface area contributed by atoms with Gasteiger partial charge in [-0.3, -0.25) is 4.90 Å². The fraction of sp³-hybridized carbons (Fsp3) is 0.846. The van der Waals surface area contributed by atoms with E-state index >= 15 is 0 Å². The molecule has 20 heavy (non-hydrogen) atoms. The Kier molecular flexibility index (Phi) is 7.02. The third kappa shape index (κ3) is 4.22. The van der Waals surface area contributed by atoms with Gasteiger partial charge in [0.1, 0.15) is 6.04 Å². The summed E-state index contributed by atoms with van der Waals surface area (Å²) < 4.78 is 0. The Hall–Kier alpha value is -0.560. The summed E-state index contributed by atoms with van der Waals surface area (Å²) in [4.78, 5) is 25.3. The molecule has 1 heterocycles. The lowest BCUT2D eigenvalue weighted by atomic mass is 10.1. The molecular formula is C13H24N2O3S2. The number of nitrogens with zero attached hydrogens (tertiary/aromatic N) is 1. The molecule has 1 saturated heterocycles. The molecule has 0 saturated carbocycles. The van der Waals surface area contributed by atoms with Gasteiger partial charge in [0, 0.05) is 17.5 Å². The Bertz CT molecular complexity index is 353. The first-order valence-corrected chi connectivity index (χ1v) is 9.28. The average molecular weight is 320 g/mol. The van der Waals surface area contributed by atoms with Crippen molar-refractivity contribution in [3.63, 3.8) is 0 Å². The van der Waals surface area contributed by atoms with Crippen molar-refractivity contribution in [2.24, 2.45) is 5.92 Å². The van der Waals surface area contributed by atoms with Gasteiger partial charge >= 0.3 is 12.0 Å². The van der Waals surface area contributed by atoms with E-state index in [0.29, 0.717) is 5.75 Å². The van der Waals surface area contributed by atoms with E-state index in [1.54, 1.807) is 23.5 Å². The van der Waals surface area contributed by atoms with Crippen LogP contribution in [0.4, 0.5) is 4.79 Å². The first-order chi connectivity index (χ1) is 9.42. The van der Waals surface area contributed by atoms with Crippen molar-refractivity contribution in [2.45, 2.75) is 44.6 Å². The SMILES string of the molecule is CCC(CSC)NC(=O)N1C(C(=O)O)CSC1C(C)C. The van der Waals surface area contributed by atoms with Gasteiger partial charge < -0.3 is 10.4 Å². The number of carbonyl (C=O) groups excluding carboxylic acids is 1. The van der Waals surface area contributed by atoms with Crippen molar-refractivity contribution in [3.05, 3.63) is 0 Å². The lowest BCUT2D eigenvalue weighted by Gasteiger charge is -2.31. The van der Waals surface area contributed by atoms with Crippen LogP contribution in [0.1, 0.15) is 27.2 Å². The number of hydrogen-bond acceptors (Lipinski definition) is 4. The molecule has 1 fully saturated rings. The predicted molar refractivity (Wildman–Crippen MR) is 85.3 cm³/mol. The molecule has 116 valence electrons. The number of hydrogen-bond donors (Lipinski definition) is 2. The van der Waals surface area contributed by atoms with E-state index in [2.05, 4.69) is 5.32 Å². The summed E-state index contributed by atoms with van der Waals surface area (Å²) in [7, 11) is 0. The zero-order valence-electron chi connectivity index (χ0n) is 12.5. The molecule has 0 aromatic heterocycles. The zero-order valence-corrected chi connectivity index (χ0v) is 14.1. The molecule has 1 aliphatic heterocycles. The Morgan fingerprint density at radius 1 is 1.50 bits per heavy atom. The summed E-state index contributed by atoms with van der Waals surface area (Å²) in [5.74, 6) is 0.613. The van der Waals surface area contributed by atoms with E-state index in [9.17, 15) is 14.7 Å². The van der Waals surface area contributed by atoms with Gasteiger partial charge in [-0.1, -0.05) is 20.8 Å². The summed E-state index contributed by atoms with van der Waals surface area (Å²) >= 11 is 3.23. The van der Waals surface area contributed by atoms with Crippen LogP contribution in [0.3, 0.4) is 0 Å². The van der Waals surface area contributed by atoms with Crippen molar-refractivity contribution in [1.29, 1.82) is 0 Å². The second-order valence-corrected chi connectivity index (χ2v) is 7.30. The number of carboxylic acid groups (broad SMARTS) is 1. The number of carboxylic acids is 1. The van der Waals surface area contributed by atoms with Crippen molar-refractivity contribution in [1.82, 2.24) is 10.2 Å². The number of carbonyl (C=O) groups is 2. The van der Waals surface area contributed by atoms with E-state index in [-0.39, 0.29) is 23.4 Å². The van der Waals surface area contributed by atoms with Crippen LogP contribution in [0.25, 0.3) is 0 Å². The summed E-state index contributed by atoms with van der Waals surface area (Å²) in [6.07, 6.45) is 2.84. The second kappa shape index (κ2) is 8.02. The highest BCUT2D eigenvalue weighted by molar-refractivity contribution is 8.00. The highest BCUT2D eigenvalue weighted by Gasteiger charge is 2.43. The van der Waals surface area contributed by atoms with Gasteiger partial charge in [0.2, 0.25) is 0 Å². The maximum absolute atomic E-state index is 12.4. The summed E-state index contributed by atoms with van der Waals surface area (Å²) in [6.45, 7) is 6.05. The van der Waals surface area contributed by atoms with Gasteiger partial charge in [-0.2, -0.15) is 11.8 Å². The Balaban J connectivity index is 2.80. The molecule has 5 nitrogen and oxygen atoms in total. The minimum Gasteiger partial charge on any atom is -0.480 e. The summed E-state index contributed by atoms with van der Waals surface area (Å²) in [6, 6.07) is -0.883. The van der Waals surface area contributed by atoms with Gasteiger partial charge in [-0.25, -0.2) is 9.59 Å². The van der Waals surface area contributed by atoms with E-state index in [4.69, 9.17) is 0 Å². The van der Waals surface area contributed by atoms with Crippen LogP contribution < -0.4 is 5.32 Å². The minimum absolute atomic E-state index is 0.0668. The third-order valence-corrected chi connectivity index (χ3v) is 5.67. The molecule has 3 atom stereocenters. The highest BCUT2D eigenvalue weighted by Crippen LogP contribution is 2.34. The van der Waals surface area contributed by atoms with Gasteiger partial charge in [-0.05, 0) is 18.6 Å². The predicted octanol–water partition coefficient (Wildman–Crippen LogP) is 2.32. The topological polar surface area (TPSA) is 69.6 Å². The lowest BCUT2D eigenvalue weighted by molar-refractivity contribution is -0.141. The van der Waals surface area contributed by atoms with Crippen LogP contribution in [-0.4, -0.2) is 57.2 Å². The Morgan fingerprint density at radius 2 is 2.15 bits per heavy atom. The van der Waals surface area contributed by atoms with Crippen LogP contribution in [-0.2, 0) is 4.79 Å². The van der Waals surface area contributed by atoms with Crippen LogP contribution in [0.15, 0.2) is 0 Å². The third-order valence-electron chi connectivity index (χ3n) is 3.31. The first-order valence-electron chi connectivity index (χ1n) is 6.84. The molecule has 0 spiro atoms. The maximum Gasteiger partial charge on any atom is 0.327 e. The molecule has 0 aromatic rings. The summed E-state index contributed by atoms with van der Waals surface area (Å²) in [5, 5.41) is 12.2. The lowest BCUT2D eigenvalue weighted by Crippen LogP contribution is -2.53. The van der Waals surface area contributed by atoms with Crippen LogP contribution in [0.2, 0.25) is 0 Å².